The molecular weight excluding hydrogens is 608 g/mol. The predicted molar refractivity (Wildman–Crippen MR) is 203 cm³/mol. The molecule has 7 nitrogen and oxygen atoms in total. The maximum Gasteiger partial charge on any atom is 0.407 e. The van der Waals surface area contributed by atoms with E-state index < -0.39 is 6.09 Å². The van der Waals surface area contributed by atoms with Gasteiger partial charge in [0, 0.05) is 18.2 Å². The number of hydrogen-bond donors (Lipinski definition) is 4. The lowest BCUT2D eigenvalue weighted by atomic mass is 9.67. The summed E-state index contributed by atoms with van der Waals surface area (Å²) in [6.07, 6.45) is 15.7. The van der Waals surface area contributed by atoms with Crippen LogP contribution < -0.4 is 21.3 Å². The van der Waals surface area contributed by atoms with Gasteiger partial charge in [0.05, 0.1) is 18.1 Å². The van der Waals surface area contributed by atoms with Crippen molar-refractivity contribution in [1.82, 2.24) is 21.3 Å². The van der Waals surface area contributed by atoms with Crippen molar-refractivity contribution in [2.24, 2.45) is 40.4 Å². The molecule has 7 heteroatoms. The van der Waals surface area contributed by atoms with Gasteiger partial charge in [0.2, 0.25) is 0 Å². The van der Waals surface area contributed by atoms with E-state index in [1.54, 1.807) is 0 Å². The van der Waals surface area contributed by atoms with E-state index in [0.29, 0.717) is 24.3 Å². The van der Waals surface area contributed by atoms with E-state index in [-0.39, 0.29) is 47.5 Å². The third-order valence-corrected chi connectivity index (χ3v) is 12.2. The molecule has 4 unspecified atom stereocenters. The molecule has 49 heavy (non-hydrogen) atoms. The SMILES string of the molecule is C=C(C)C(=C)C(CCC1CC1)NC(=C)C(CC(=C)C(NC(=O)NC(COC(=O)NCC1CC1)C(C)(C)C)C1(C)CCCCC1)[C@H]1C[C@H]1CC. The largest absolute Gasteiger partial charge is 0.447 e. The lowest BCUT2D eigenvalue weighted by Crippen LogP contribution is -2.56. The van der Waals surface area contributed by atoms with Gasteiger partial charge >= 0.3 is 12.1 Å². The van der Waals surface area contributed by atoms with Crippen LogP contribution in [0.3, 0.4) is 0 Å². The number of ether oxygens (including phenoxy) is 1. The Morgan fingerprint density at radius 2 is 1.59 bits per heavy atom. The van der Waals surface area contributed by atoms with Gasteiger partial charge in [0.25, 0.3) is 0 Å². The van der Waals surface area contributed by atoms with E-state index in [4.69, 9.17) is 11.3 Å². The first-order valence-electron chi connectivity index (χ1n) is 19.6. The standard InChI is InChI=1S/C42H70N4O3/c1-11-33-24-35(33)34(30(6)44-36(29(5)27(2)3)20-19-31-15-16-31)23-28(4)38(42(10)21-13-12-14-22-42)46-39(47)45-37(41(7,8)9)26-49-40(48)43-25-32-17-18-32/h31-38,44H,2,4-6,11-26H2,1,3,7-10H3,(H,43,48)(H2,45,46,47)/t33-,34?,35+,36?,37?,38?/m1/s1. The maximum atomic E-state index is 13.9. The van der Waals surface area contributed by atoms with Crippen molar-refractivity contribution in [3.8, 4) is 0 Å². The molecule has 4 fully saturated rings. The van der Waals surface area contributed by atoms with Crippen LogP contribution in [0.2, 0.25) is 0 Å². The van der Waals surface area contributed by atoms with Crippen molar-refractivity contribution < 1.29 is 14.3 Å². The smallest absolute Gasteiger partial charge is 0.407 e. The molecule has 3 amide bonds. The number of carbonyl (C=O) groups is 2. The highest BCUT2D eigenvalue weighted by molar-refractivity contribution is 5.75. The number of nitrogens with one attached hydrogen (secondary N) is 4. The summed E-state index contributed by atoms with van der Waals surface area (Å²) in [5.74, 6) is 2.92. The van der Waals surface area contributed by atoms with E-state index in [1.165, 1.54) is 38.5 Å². The number of hydrogen-bond acceptors (Lipinski definition) is 4. The first-order valence-corrected chi connectivity index (χ1v) is 19.6. The van der Waals surface area contributed by atoms with Gasteiger partial charge in [0.1, 0.15) is 6.61 Å². The molecular formula is C42H70N4O3. The minimum atomic E-state index is -0.420. The van der Waals surface area contributed by atoms with Gasteiger partial charge in [-0.3, -0.25) is 0 Å². The molecule has 0 saturated heterocycles. The van der Waals surface area contributed by atoms with Crippen LogP contribution in [0.5, 0.6) is 0 Å². The van der Waals surface area contributed by atoms with E-state index in [0.717, 1.165) is 79.7 Å². The fourth-order valence-electron chi connectivity index (χ4n) is 7.95. The Morgan fingerprint density at radius 1 is 0.939 bits per heavy atom. The van der Waals surface area contributed by atoms with Gasteiger partial charge in [0.15, 0.2) is 0 Å². The number of carbonyl (C=O) groups excluding carboxylic acids is 2. The lowest BCUT2D eigenvalue weighted by molar-refractivity contribution is 0.106. The van der Waals surface area contributed by atoms with Crippen molar-refractivity contribution >= 4 is 12.1 Å². The van der Waals surface area contributed by atoms with Crippen molar-refractivity contribution in [2.45, 2.75) is 150 Å². The van der Waals surface area contributed by atoms with Gasteiger partial charge in [-0.15, -0.1) is 0 Å². The minimum absolute atomic E-state index is 0.0862. The predicted octanol–water partition coefficient (Wildman–Crippen LogP) is 9.58. The zero-order valence-electron chi connectivity index (χ0n) is 32.0. The average Bonchev–Trinajstić information content (AvgIpc) is 3.90. The Hall–Kier alpha value is -2.70. The fraction of sp³-hybridized carbons (Fsp3) is 0.762. The highest BCUT2D eigenvalue weighted by Crippen LogP contribution is 2.51. The number of rotatable bonds is 20. The first kappa shape index (κ1) is 39.1. The highest BCUT2D eigenvalue weighted by Gasteiger charge is 2.45. The Kier molecular flexibility index (Phi) is 13.6. The van der Waals surface area contributed by atoms with E-state index in [9.17, 15) is 9.59 Å². The maximum absolute atomic E-state index is 13.9. The fourth-order valence-corrected chi connectivity index (χ4v) is 7.95. The second-order valence-electron chi connectivity index (χ2n) is 17.7. The summed E-state index contributed by atoms with van der Waals surface area (Å²) in [5.41, 5.74) is 3.85. The van der Waals surface area contributed by atoms with Crippen molar-refractivity contribution in [3.05, 3.63) is 48.7 Å². The summed E-state index contributed by atoms with van der Waals surface area (Å²) in [4.78, 5) is 26.3. The summed E-state index contributed by atoms with van der Waals surface area (Å²) < 4.78 is 5.59. The van der Waals surface area contributed by atoms with E-state index >= 15 is 0 Å². The number of urea groups is 1. The normalized spacial score (nSPS) is 24.0. The first-order chi connectivity index (χ1) is 23.1. The van der Waals surface area contributed by atoms with Crippen molar-refractivity contribution in [3.63, 3.8) is 0 Å². The van der Waals surface area contributed by atoms with Crippen molar-refractivity contribution in [1.29, 1.82) is 0 Å². The van der Waals surface area contributed by atoms with Gasteiger partial charge < -0.3 is 26.0 Å². The van der Waals surface area contributed by atoms with Crippen LogP contribution in [0, 0.1) is 40.4 Å². The zero-order chi connectivity index (χ0) is 35.9. The molecule has 4 rings (SSSR count). The summed E-state index contributed by atoms with van der Waals surface area (Å²) in [6, 6.07) is -0.622. The summed E-state index contributed by atoms with van der Waals surface area (Å²) in [6.45, 7) is 31.7. The Balaban J connectivity index is 1.47. The summed E-state index contributed by atoms with van der Waals surface area (Å²) in [5, 5.41) is 13.3. The second-order valence-corrected chi connectivity index (χ2v) is 17.7. The molecule has 0 heterocycles. The van der Waals surface area contributed by atoms with Crippen LogP contribution in [0.4, 0.5) is 9.59 Å². The summed E-state index contributed by atoms with van der Waals surface area (Å²) in [7, 11) is 0. The van der Waals surface area contributed by atoms with Gasteiger partial charge in [-0.05, 0) is 98.4 Å². The monoisotopic (exact) mass is 679 g/mol. The van der Waals surface area contributed by atoms with Crippen LogP contribution in [0.1, 0.15) is 131 Å². The third-order valence-electron chi connectivity index (χ3n) is 12.2. The molecule has 0 aromatic carbocycles. The Morgan fingerprint density at radius 3 is 2.14 bits per heavy atom. The molecule has 4 aliphatic carbocycles. The van der Waals surface area contributed by atoms with Crippen LogP contribution in [0.15, 0.2) is 48.7 Å². The van der Waals surface area contributed by atoms with Crippen LogP contribution in [-0.4, -0.2) is 43.4 Å². The topological polar surface area (TPSA) is 91.5 Å². The molecule has 276 valence electrons. The van der Waals surface area contributed by atoms with Crippen LogP contribution >= 0.6 is 0 Å². The molecule has 0 spiro atoms. The van der Waals surface area contributed by atoms with E-state index in [1.807, 2.05) is 0 Å². The highest BCUT2D eigenvalue weighted by atomic mass is 16.5. The molecule has 4 saturated carbocycles. The molecule has 6 atom stereocenters. The number of amides is 3. The Bertz CT molecular complexity index is 1200. The molecule has 0 aromatic rings. The second kappa shape index (κ2) is 17.0. The molecule has 0 aromatic heterocycles. The average molecular weight is 679 g/mol. The zero-order valence-corrected chi connectivity index (χ0v) is 32.0. The van der Waals surface area contributed by atoms with Crippen LogP contribution in [-0.2, 0) is 4.74 Å². The molecule has 0 radical (unpaired) electrons. The Labute approximate surface area is 299 Å². The molecule has 4 N–H and O–H groups in total. The van der Waals surface area contributed by atoms with E-state index in [2.05, 4.69) is 82.5 Å². The molecule has 4 aliphatic rings. The quantitative estimate of drug-likeness (QED) is 0.0763. The summed E-state index contributed by atoms with van der Waals surface area (Å²) >= 11 is 0. The molecule has 0 aliphatic heterocycles. The molecule has 0 bridgehead atoms. The van der Waals surface area contributed by atoms with Gasteiger partial charge in [-0.1, -0.05) is 111 Å². The van der Waals surface area contributed by atoms with Crippen LogP contribution in [0.25, 0.3) is 0 Å². The van der Waals surface area contributed by atoms with Gasteiger partial charge in [-0.25, -0.2) is 9.59 Å². The van der Waals surface area contributed by atoms with Crippen molar-refractivity contribution in [2.75, 3.05) is 13.2 Å². The van der Waals surface area contributed by atoms with Gasteiger partial charge in [-0.2, -0.15) is 0 Å². The minimum Gasteiger partial charge on any atom is -0.447 e. The third kappa shape index (κ3) is 12.0. The lowest BCUT2D eigenvalue weighted by Gasteiger charge is -2.43. The number of alkyl carbamates (subject to hydrolysis) is 1. The number of allylic oxidation sites excluding steroid dienone is 1.